The molecule has 40 heavy (non-hydrogen) atoms. The van der Waals surface area contributed by atoms with Gasteiger partial charge in [0.15, 0.2) is 16.9 Å². The molecule has 1 heterocycles. The van der Waals surface area contributed by atoms with Gasteiger partial charge in [-0.05, 0) is 29.5 Å². The molecule has 0 spiro atoms. The second-order valence-electron chi connectivity index (χ2n) is 9.46. The molecule has 4 rings (SSSR count). The van der Waals surface area contributed by atoms with Gasteiger partial charge in [0.25, 0.3) is 0 Å². The maximum atomic E-state index is 12.6. The lowest BCUT2D eigenvalue weighted by molar-refractivity contribution is -0.145. The lowest BCUT2D eigenvalue weighted by Crippen LogP contribution is -2.45. The summed E-state index contributed by atoms with van der Waals surface area (Å²) in [5, 5.41) is 30.8. The summed E-state index contributed by atoms with van der Waals surface area (Å²) in [7, 11) is 4.46. The third kappa shape index (κ3) is 4.86. The summed E-state index contributed by atoms with van der Waals surface area (Å²) in [6.07, 6.45) is 2.14. The molecule has 1 aliphatic heterocycles. The van der Waals surface area contributed by atoms with Crippen LogP contribution in [0.25, 0.3) is 0 Å². The number of hydrogen-bond donors (Lipinski definition) is 1. The fourth-order valence-corrected chi connectivity index (χ4v) is 5.46. The van der Waals surface area contributed by atoms with E-state index in [0.29, 0.717) is 41.4 Å². The Morgan fingerprint density at radius 1 is 1.02 bits per heavy atom. The van der Waals surface area contributed by atoms with Gasteiger partial charge < -0.3 is 29.6 Å². The molecule has 2 aliphatic rings. The Morgan fingerprint density at radius 3 is 2.27 bits per heavy atom. The Hall–Kier alpha value is -5.14. The predicted octanol–water partition coefficient (Wildman–Crippen LogP) is 3.53. The van der Waals surface area contributed by atoms with Crippen LogP contribution in [-0.4, -0.2) is 45.3 Å². The summed E-state index contributed by atoms with van der Waals surface area (Å²) < 4.78 is 22.0. The largest absolute Gasteiger partial charge is 0.496 e. The van der Waals surface area contributed by atoms with Gasteiger partial charge in [0.05, 0.1) is 44.7 Å². The molecular weight excluding hydrogens is 510 g/mol. The Labute approximate surface area is 233 Å². The van der Waals surface area contributed by atoms with Gasteiger partial charge in [0.1, 0.15) is 25.0 Å². The number of methoxy groups -OCH3 is 3. The van der Waals surface area contributed by atoms with E-state index in [1.54, 1.807) is 23.2 Å². The van der Waals surface area contributed by atoms with Crippen molar-refractivity contribution < 1.29 is 23.7 Å². The lowest BCUT2D eigenvalue weighted by atomic mass is 9.57. The first-order valence-electron chi connectivity index (χ1n) is 12.6. The molecule has 2 aromatic carbocycles. The summed E-state index contributed by atoms with van der Waals surface area (Å²) in [5.41, 5.74) is 6.48. The van der Waals surface area contributed by atoms with Crippen molar-refractivity contribution in [1.82, 2.24) is 4.90 Å². The normalized spacial score (nSPS) is 19.2. The van der Waals surface area contributed by atoms with Crippen molar-refractivity contribution in [3.05, 3.63) is 76.6 Å². The quantitative estimate of drug-likeness (QED) is 0.493. The number of esters is 1. The monoisotopic (exact) mass is 539 g/mol. The second kappa shape index (κ2) is 11.7. The van der Waals surface area contributed by atoms with Gasteiger partial charge >= 0.3 is 5.97 Å². The van der Waals surface area contributed by atoms with E-state index in [2.05, 4.69) is 18.2 Å². The van der Waals surface area contributed by atoms with Crippen LogP contribution in [0, 0.1) is 45.3 Å². The molecule has 2 unspecified atom stereocenters. The van der Waals surface area contributed by atoms with Crippen molar-refractivity contribution >= 4 is 5.97 Å². The summed E-state index contributed by atoms with van der Waals surface area (Å²) in [6.45, 7) is 0.539. The van der Waals surface area contributed by atoms with Crippen LogP contribution in [0.2, 0.25) is 0 Å². The third-order valence-electron chi connectivity index (χ3n) is 7.41. The van der Waals surface area contributed by atoms with E-state index in [9.17, 15) is 20.6 Å². The van der Waals surface area contributed by atoms with Crippen molar-refractivity contribution in [2.45, 2.75) is 18.9 Å². The van der Waals surface area contributed by atoms with E-state index in [0.717, 1.165) is 5.56 Å². The van der Waals surface area contributed by atoms with Crippen LogP contribution in [0.5, 0.6) is 17.2 Å². The van der Waals surface area contributed by atoms with Crippen LogP contribution >= 0.6 is 0 Å². The summed E-state index contributed by atoms with van der Waals surface area (Å²) in [4.78, 5) is 14.4. The van der Waals surface area contributed by atoms with Crippen molar-refractivity contribution in [2.24, 2.45) is 17.1 Å². The first-order valence-corrected chi connectivity index (χ1v) is 12.6. The van der Waals surface area contributed by atoms with Crippen LogP contribution < -0.4 is 19.9 Å². The number of fused-ring (bicyclic) bond motifs is 1. The van der Waals surface area contributed by atoms with Crippen molar-refractivity contribution in [3.8, 4) is 35.5 Å². The van der Waals surface area contributed by atoms with Gasteiger partial charge in [-0.25, -0.2) is 0 Å². The second-order valence-corrected chi connectivity index (χ2v) is 9.46. The molecule has 10 nitrogen and oxygen atoms in total. The Kier molecular flexibility index (Phi) is 8.17. The van der Waals surface area contributed by atoms with Crippen molar-refractivity contribution in [3.63, 3.8) is 0 Å². The third-order valence-corrected chi connectivity index (χ3v) is 7.41. The fourth-order valence-electron chi connectivity index (χ4n) is 5.46. The van der Waals surface area contributed by atoms with Crippen LogP contribution in [0.1, 0.15) is 23.5 Å². The number of carbonyl (C=O) groups excluding carboxylic acids is 1. The van der Waals surface area contributed by atoms with Crippen molar-refractivity contribution in [2.75, 3.05) is 34.4 Å². The number of rotatable bonds is 8. The topological polar surface area (TPSA) is 155 Å². The molecule has 0 radical (unpaired) electrons. The predicted molar refractivity (Wildman–Crippen MR) is 143 cm³/mol. The van der Waals surface area contributed by atoms with Crippen LogP contribution in [0.15, 0.2) is 65.5 Å². The highest BCUT2D eigenvalue weighted by Gasteiger charge is 2.55. The average molecular weight is 540 g/mol. The number of hydrogen-bond acceptors (Lipinski definition) is 10. The van der Waals surface area contributed by atoms with Gasteiger partial charge in [0, 0.05) is 30.3 Å². The van der Waals surface area contributed by atoms with E-state index in [1.165, 1.54) is 21.3 Å². The molecule has 0 fully saturated rings. The Morgan fingerprint density at radius 2 is 1.68 bits per heavy atom. The molecule has 10 heteroatoms. The molecule has 0 saturated heterocycles. The van der Waals surface area contributed by atoms with Crippen molar-refractivity contribution in [1.29, 1.82) is 15.8 Å². The number of nitrogens with two attached hydrogens (primary N) is 1. The Balaban J connectivity index is 1.76. The number of nitriles is 3. The van der Waals surface area contributed by atoms with Crippen LogP contribution in [0.3, 0.4) is 0 Å². The minimum absolute atomic E-state index is 0.0341. The number of allylic oxidation sites excluding steroid dienone is 3. The molecule has 0 bridgehead atoms. The highest BCUT2D eigenvalue weighted by atomic mass is 16.5. The summed E-state index contributed by atoms with van der Waals surface area (Å²) >= 11 is 0. The molecule has 2 atom stereocenters. The van der Waals surface area contributed by atoms with Crippen LogP contribution in [0.4, 0.5) is 0 Å². The minimum Gasteiger partial charge on any atom is -0.496 e. The average Bonchev–Trinajstić information content (AvgIpc) is 2.99. The molecule has 0 aromatic heterocycles. The highest BCUT2D eigenvalue weighted by Crippen LogP contribution is 2.57. The molecule has 1 aliphatic carbocycles. The maximum Gasteiger partial charge on any atom is 0.325 e. The van der Waals surface area contributed by atoms with Gasteiger partial charge in [-0.2, -0.15) is 15.8 Å². The SMILES string of the molecule is COc1cc(OC)c(C2C3CCN(CC(=O)OCc4ccccc4)C=C3C(C#N)=C(N)C2(C#N)C#N)cc1OC. The minimum atomic E-state index is -1.85. The van der Waals surface area contributed by atoms with Gasteiger partial charge in [-0.3, -0.25) is 4.79 Å². The number of benzene rings is 2. The molecule has 0 saturated carbocycles. The van der Waals surface area contributed by atoms with E-state index >= 15 is 0 Å². The molecule has 204 valence electrons. The molecule has 2 N–H and O–H groups in total. The zero-order valence-electron chi connectivity index (χ0n) is 22.5. The van der Waals surface area contributed by atoms with E-state index in [-0.39, 0.29) is 24.4 Å². The summed E-state index contributed by atoms with van der Waals surface area (Å²) in [6, 6.07) is 19.0. The molecular formula is C30H29N5O5. The Bertz CT molecular complexity index is 1460. The van der Waals surface area contributed by atoms with Gasteiger partial charge in [-0.15, -0.1) is 0 Å². The van der Waals surface area contributed by atoms with E-state index < -0.39 is 23.2 Å². The standard InChI is InChI=1S/C30H29N5O5/c1-37-24-12-26(39-3)25(38-2)11-21(24)28-20-9-10-35(15-27(36)40-16-19-7-5-4-6-8-19)14-23(20)22(13-31)29(34)30(28,17-32)18-33/h4-8,11-12,14,20,28H,9-10,15-16,34H2,1-3H3. The van der Waals surface area contributed by atoms with E-state index in [1.807, 2.05) is 30.3 Å². The lowest BCUT2D eigenvalue weighted by Gasteiger charge is -2.45. The number of nitrogens with zero attached hydrogens (tertiary/aromatic N) is 4. The zero-order valence-corrected chi connectivity index (χ0v) is 22.5. The first-order chi connectivity index (χ1) is 19.4. The molecule has 0 amide bonds. The van der Waals surface area contributed by atoms with Gasteiger partial charge in [-0.1, -0.05) is 30.3 Å². The first kappa shape index (κ1) is 27.9. The zero-order chi connectivity index (χ0) is 28.9. The van der Waals surface area contributed by atoms with E-state index in [4.69, 9.17) is 24.7 Å². The fraction of sp³-hybridized carbons (Fsp3) is 0.333. The smallest absolute Gasteiger partial charge is 0.325 e. The van der Waals surface area contributed by atoms with Gasteiger partial charge in [0.2, 0.25) is 0 Å². The summed E-state index contributed by atoms with van der Waals surface area (Å²) in [5.74, 6) is -0.485. The number of ether oxygens (including phenoxy) is 4. The van der Waals surface area contributed by atoms with Crippen LogP contribution in [-0.2, 0) is 16.1 Å². The number of carbonyl (C=O) groups is 1. The highest BCUT2D eigenvalue weighted by molar-refractivity contribution is 5.72. The molecule has 2 aromatic rings. The maximum absolute atomic E-state index is 12.6.